The van der Waals surface area contributed by atoms with Gasteiger partial charge in [0.1, 0.15) is 0 Å². The van der Waals surface area contributed by atoms with Crippen molar-refractivity contribution in [2.24, 2.45) is 0 Å². The van der Waals surface area contributed by atoms with E-state index in [9.17, 15) is 0 Å². The van der Waals surface area contributed by atoms with Crippen LogP contribution in [-0.2, 0) is 14.2 Å². The summed E-state index contributed by atoms with van der Waals surface area (Å²) in [6, 6.07) is 0. The molecule has 0 amide bonds. The quantitative estimate of drug-likeness (QED) is 0.338. The maximum absolute atomic E-state index is 5.32. The molecule has 0 aliphatic heterocycles. The fourth-order valence-electron chi connectivity index (χ4n) is 1.58. The molecule has 0 saturated carbocycles. The molecule has 22 heavy (non-hydrogen) atoms. The molecule has 0 aliphatic rings. The Morgan fingerprint density at radius 2 is 1.09 bits per heavy atom. The SMILES string of the molecule is CCCOCCCCNC.CCCOCCCCOCNC. The summed E-state index contributed by atoms with van der Waals surface area (Å²) >= 11 is 0. The van der Waals surface area contributed by atoms with Crippen LogP contribution in [0.1, 0.15) is 52.4 Å². The van der Waals surface area contributed by atoms with Crippen LogP contribution in [0.4, 0.5) is 0 Å². The first-order valence-electron chi connectivity index (χ1n) is 8.85. The van der Waals surface area contributed by atoms with Crippen molar-refractivity contribution in [3.8, 4) is 0 Å². The average Bonchev–Trinajstić information content (AvgIpc) is 2.54. The topological polar surface area (TPSA) is 51.8 Å². The van der Waals surface area contributed by atoms with Gasteiger partial charge in [0.15, 0.2) is 0 Å². The molecule has 0 radical (unpaired) electrons. The molecule has 5 heteroatoms. The van der Waals surface area contributed by atoms with Crippen LogP contribution in [0.25, 0.3) is 0 Å². The summed E-state index contributed by atoms with van der Waals surface area (Å²) in [4.78, 5) is 0. The summed E-state index contributed by atoms with van der Waals surface area (Å²) in [6.45, 7) is 10.4. The molecule has 0 fully saturated rings. The monoisotopic (exact) mass is 320 g/mol. The first-order chi connectivity index (χ1) is 10.8. The molecule has 0 aromatic heterocycles. The second-order valence-corrected chi connectivity index (χ2v) is 5.15. The van der Waals surface area contributed by atoms with E-state index in [0.29, 0.717) is 6.73 Å². The fourth-order valence-corrected chi connectivity index (χ4v) is 1.58. The maximum atomic E-state index is 5.32. The summed E-state index contributed by atoms with van der Waals surface area (Å²) in [7, 11) is 3.86. The van der Waals surface area contributed by atoms with Gasteiger partial charge in [-0.05, 0) is 59.2 Å². The van der Waals surface area contributed by atoms with E-state index >= 15 is 0 Å². The molecule has 136 valence electrons. The lowest BCUT2D eigenvalue weighted by molar-refractivity contribution is 0.0969. The van der Waals surface area contributed by atoms with E-state index in [0.717, 1.165) is 65.3 Å². The third-order valence-corrected chi connectivity index (χ3v) is 2.74. The predicted octanol–water partition coefficient (Wildman–Crippen LogP) is 2.80. The Morgan fingerprint density at radius 3 is 1.55 bits per heavy atom. The summed E-state index contributed by atoms with van der Waals surface area (Å²) in [5.74, 6) is 0. The Morgan fingerprint density at radius 1 is 0.591 bits per heavy atom. The van der Waals surface area contributed by atoms with Crippen LogP contribution < -0.4 is 10.6 Å². The molecule has 0 aliphatic carbocycles. The first kappa shape index (κ1) is 24.1. The Hall–Kier alpha value is -0.200. The Bertz CT molecular complexity index is 154. The smallest absolute Gasteiger partial charge is 0.0962 e. The third kappa shape index (κ3) is 28.0. The van der Waals surface area contributed by atoms with Crippen molar-refractivity contribution in [1.82, 2.24) is 10.6 Å². The van der Waals surface area contributed by atoms with E-state index in [-0.39, 0.29) is 0 Å². The van der Waals surface area contributed by atoms with Crippen LogP contribution in [0.3, 0.4) is 0 Å². The van der Waals surface area contributed by atoms with E-state index in [1.54, 1.807) is 0 Å². The fraction of sp³-hybridized carbons (Fsp3) is 1.00. The number of nitrogens with one attached hydrogen (secondary N) is 2. The zero-order valence-corrected chi connectivity index (χ0v) is 15.4. The highest BCUT2D eigenvalue weighted by molar-refractivity contribution is 4.41. The molecule has 0 aromatic rings. The molecular weight excluding hydrogens is 280 g/mol. The normalized spacial score (nSPS) is 10.4. The Labute approximate surface area is 138 Å². The van der Waals surface area contributed by atoms with Gasteiger partial charge in [-0.1, -0.05) is 13.8 Å². The van der Waals surface area contributed by atoms with Crippen LogP contribution in [-0.4, -0.2) is 60.4 Å². The highest BCUT2D eigenvalue weighted by atomic mass is 16.5. The van der Waals surface area contributed by atoms with Gasteiger partial charge in [0, 0.05) is 33.0 Å². The average molecular weight is 321 g/mol. The lowest BCUT2D eigenvalue weighted by Gasteiger charge is -2.03. The number of unbranched alkanes of at least 4 members (excludes halogenated alkanes) is 2. The van der Waals surface area contributed by atoms with Gasteiger partial charge in [-0.3, -0.25) is 5.32 Å². The van der Waals surface area contributed by atoms with Crippen LogP contribution in [0, 0.1) is 0 Å². The van der Waals surface area contributed by atoms with Crippen molar-refractivity contribution in [3.63, 3.8) is 0 Å². The zero-order valence-electron chi connectivity index (χ0n) is 15.4. The Balaban J connectivity index is 0. The highest BCUT2D eigenvalue weighted by Crippen LogP contribution is 1.91. The van der Waals surface area contributed by atoms with Crippen LogP contribution in [0.2, 0.25) is 0 Å². The number of ether oxygens (including phenoxy) is 3. The lowest BCUT2D eigenvalue weighted by Crippen LogP contribution is -2.12. The van der Waals surface area contributed by atoms with Gasteiger partial charge >= 0.3 is 0 Å². The molecule has 0 unspecified atom stereocenters. The van der Waals surface area contributed by atoms with Gasteiger partial charge in [0.25, 0.3) is 0 Å². The van der Waals surface area contributed by atoms with Crippen molar-refractivity contribution < 1.29 is 14.2 Å². The van der Waals surface area contributed by atoms with E-state index in [1.807, 2.05) is 14.1 Å². The highest BCUT2D eigenvalue weighted by Gasteiger charge is 1.89. The molecule has 0 aromatic carbocycles. The summed E-state index contributed by atoms with van der Waals surface area (Å²) in [6.07, 6.45) is 6.83. The molecule has 0 saturated heterocycles. The Kier molecular flexibility index (Phi) is 28.1. The number of hydrogen-bond donors (Lipinski definition) is 2. The van der Waals surface area contributed by atoms with Gasteiger partial charge in [0.2, 0.25) is 0 Å². The van der Waals surface area contributed by atoms with Crippen molar-refractivity contribution in [2.75, 3.05) is 60.4 Å². The van der Waals surface area contributed by atoms with E-state index < -0.39 is 0 Å². The van der Waals surface area contributed by atoms with Gasteiger partial charge in [-0.15, -0.1) is 0 Å². The maximum Gasteiger partial charge on any atom is 0.0962 e. The van der Waals surface area contributed by atoms with Crippen molar-refractivity contribution in [1.29, 1.82) is 0 Å². The second kappa shape index (κ2) is 25.7. The van der Waals surface area contributed by atoms with Crippen LogP contribution in [0.5, 0.6) is 0 Å². The van der Waals surface area contributed by atoms with E-state index in [2.05, 4.69) is 24.5 Å². The standard InChI is InChI=1S/C9H21NO2.C8H19NO/c1-3-6-11-7-4-5-8-12-9-10-2;1-3-7-10-8-5-4-6-9-2/h10H,3-9H2,1-2H3;9H,3-8H2,1-2H3. The summed E-state index contributed by atoms with van der Waals surface area (Å²) < 4.78 is 15.8. The number of hydrogen-bond acceptors (Lipinski definition) is 5. The van der Waals surface area contributed by atoms with Gasteiger partial charge in [-0.25, -0.2) is 0 Å². The predicted molar refractivity (Wildman–Crippen MR) is 94.5 cm³/mol. The van der Waals surface area contributed by atoms with E-state index in [1.165, 1.54) is 12.8 Å². The second-order valence-electron chi connectivity index (χ2n) is 5.15. The van der Waals surface area contributed by atoms with Gasteiger partial charge < -0.3 is 19.5 Å². The largest absolute Gasteiger partial charge is 0.381 e. The summed E-state index contributed by atoms with van der Waals surface area (Å²) in [5.41, 5.74) is 0. The van der Waals surface area contributed by atoms with Crippen molar-refractivity contribution in [3.05, 3.63) is 0 Å². The van der Waals surface area contributed by atoms with Crippen LogP contribution in [0.15, 0.2) is 0 Å². The lowest BCUT2D eigenvalue weighted by atomic mass is 10.3. The third-order valence-electron chi connectivity index (χ3n) is 2.74. The molecule has 0 rings (SSSR count). The molecule has 0 heterocycles. The molecule has 2 N–H and O–H groups in total. The minimum Gasteiger partial charge on any atom is -0.381 e. The van der Waals surface area contributed by atoms with Crippen molar-refractivity contribution >= 4 is 0 Å². The minimum atomic E-state index is 0.649. The molecule has 0 atom stereocenters. The number of rotatable bonds is 16. The van der Waals surface area contributed by atoms with Gasteiger partial charge in [0.05, 0.1) is 6.73 Å². The van der Waals surface area contributed by atoms with Crippen LogP contribution >= 0.6 is 0 Å². The molecule has 5 nitrogen and oxygen atoms in total. The molecule has 0 bridgehead atoms. The van der Waals surface area contributed by atoms with E-state index in [4.69, 9.17) is 14.2 Å². The van der Waals surface area contributed by atoms with Gasteiger partial charge in [-0.2, -0.15) is 0 Å². The van der Waals surface area contributed by atoms with Crippen molar-refractivity contribution in [2.45, 2.75) is 52.4 Å². The zero-order chi connectivity index (χ0) is 16.7. The first-order valence-corrected chi connectivity index (χ1v) is 8.85. The summed E-state index contributed by atoms with van der Waals surface area (Å²) in [5, 5.41) is 6.03. The minimum absolute atomic E-state index is 0.649. The molecular formula is C17H40N2O3. The molecule has 0 spiro atoms.